The SMILES string of the molecule is Cc1cc(NC(=O)c2cc(C3CC3NC3CCC3)sc2C)n(C)n1. The zero-order valence-corrected chi connectivity index (χ0v) is 15.2. The molecule has 2 aromatic heterocycles. The lowest BCUT2D eigenvalue weighted by Gasteiger charge is -2.26. The van der Waals surface area contributed by atoms with Gasteiger partial charge in [0.15, 0.2) is 0 Å². The number of nitrogens with zero attached hydrogens (tertiary/aromatic N) is 2. The Bertz CT molecular complexity index is 774. The summed E-state index contributed by atoms with van der Waals surface area (Å²) in [6.45, 7) is 3.96. The summed E-state index contributed by atoms with van der Waals surface area (Å²) in [5.41, 5.74) is 1.70. The molecule has 2 aliphatic carbocycles. The van der Waals surface area contributed by atoms with Crippen molar-refractivity contribution in [3.63, 3.8) is 0 Å². The number of anilines is 1. The van der Waals surface area contributed by atoms with Gasteiger partial charge in [0, 0.05) is 40.9 Å². The highest BCUT2D eigenvalue weighted by Gasteiger charge is 2.41. The first-order valence-electron chi connectivity index (χ1n) is 8.69. The maximum Gasteiger partial charge on any atom is 0.257 e. The lowest BCUT2D eigenvalue weighted by molar-refractivity contribution is 0.102. The number of carbonyl (C=O) groups is 1. The van der Waals surface area contributed by atoms with Gasteiger partial charge in [-0.2, -0.15) is 5.10 Å². The van der Waals surface area contributed by atoms with Gasteiger partial charge in [-0.25, -0.2) is 0 Å². The van der Waals surface area contributed by atoms with Crippen molar-refractivity contribution in [1.82, 2.24) is 15.1 Å². The largest absolute Gasteiger partial charge is 0.311 e. The van der Waals surface area contributed by atoms with Crippen molar-refractivity contribution < 1.29 is 4.79 Å². The van der Waals surface area contributed by atoms with Crippen molar-refractivity contribution in [2.24, 2.45) is 7.05 Å². The molecule has 0 radical (unpaired) electrons. The highest BCUT2D eigenvalue weighted by atomic mass is 32.1. The number of aryl methyl sites for hydroxylation is 3. The molecule has 4 rings (SSSR count). The molecule has 5 nitrogen and oxygen atoms in total. The zero-order valence-electron chi connectivity index (χ0n) is 14.4. The average Bonchev–Trinajstić information content (AvgIpc) is 3.04. The van der Waals surface area contributed by atoms with Crippen molar-refractivity contribution in [1.29, 1.82) is 0 Å². The molecular formula is C18H24N4OS. The van der Waals surface area contributed by atoms with Crippen molar-refractivity contribution in [3.8, 4) is 0 Å². The van der Waals surface area contributed by atoms with E-state index in [1.807, 2.05) is 27.0 Å². The highest BCUT2D eigenvalue weighted by molar-refractivity contribution is 7.12. The first kappa shape index (κ1) is 15.8. The minimum atomic E-state index is -0.0397. The maximum atomic E-state index is 12.6. The number of aromatic nitrogens is 2. The van der Waals surface area contributed by atoms with Crippen molar-refractivity contribution in [2.45, 2.75) is 57.5 Å². The Morgan fingerprint density at radius 1 is 1.33 bits per heavy atom. The molecule has 128 valence electrons. The van der Waals surface area contributed by atoms with Gasteiger partial charge >= 0.3 is 0 Å². The van der Waals surface area contributed by atoms with E-state index in [9.17, 15) is 4.79 Å². The Labute approximate surface area is 146 Å². The van der Waals surface area contributed by atoms with Crippen LogP contribution in [0.2, 0.25) is 0 Å². The van der Waals surface area contributed by atoms with E-state index < -0.39 is 0 Å². The fraction of sp³-hybridized carbons (Fsp3) is 0.556. The van der Waals surface area contributed by atoms with Gasteiger partial charge in [0.1, 0.15) is 5.82 Å². The van der Waals surface area contributed by atoms with E-state index in [4.69, 9.17) is 0 Å². The molecule has 2 saturated carbocycles. The summed E-state index contributed by atoms with van der Waals surface area (Å²) >= 11 is 1.77. The van der Waals surface area contributed by atoms with E-state index in [1.165, 1.54) is 30.6 Å². The molecule has 2 atom stereocenters. The van der Waals surface area contributed by atoms with Crippen LogP contribution >= 0.6 is 11.3 Å². The third kappa shape index (κ3) is 3.00. The smallest absolute Gasteiger partial charge is 0.257 e. The molecule has 0 bridgehead atoms. The molecule has 6 heteroatoms. The van der Waals surface area contributed by atoms with Crippen LogP contribution in [-0.4, -0.2) is 27.8 Å². The molecule has 0 spiro atoms. The minimum Gasteiger partial charge on any atom is -0.311 e. The fourth-order valence-electron chi connectivity index (χ4n) is 3.40. The van der Waals surface area contributed by atoms with Gasteiger partial charge in [-0.3, -0.25) is 9.48 Å². The molecular weight excluding hydrogens is 320 g/mol. The number of amides is 1. The summed E-state index contributed by atoms with van der Waals surface area (Å²) in [4.78, 5) is 15.0. The Morgan fingerprint density at radius 3 is 2.75 bits per heavy atom. The van der Waals surface area contributed by atoms with Crippen LogP contribution in [0.25, 0.3) is 0 Å². The Morgan fingerprint density at radius 2 is 2.12 bits per heavy atom. The molecule has 0 aliphatic heterocycles. The first-order valence-corrected chi connectivity index (χ1v) is 9.51. The summed E-state index contributed by atoms with van der Waals surface area (Å²) in [6.07, 6.45) is 5.22. The monoisotopic (exact) mass is 344 g/mol. The highest BCUT2D eigenvalue weighted by Crippen LogP contribution is 2.45. The molecule has 1 amide bonds. The van der Waals surface area contributed by atoms with Crippen LogP contribution in [0.3, 0.4) is 0 Å². The average molecular weight is 344 g/mol. The number of carbonyl (C=O) groups excluding carboxylic acids is 1. The summed E-state index contributed by atoms with van der Waals surface area (Å²) in [7, 11) is 1.84. The number of hydrogen-bond donors (Lipinski definition) is 2. The molecule has 2 N–H and O–H groups in total. The second kappa shape index (κ2) is 6.01. The predicted molar refractivity (Wildman–Crippen MR) is 96.9 cm³/mol. The van der Waals surface area contributed by atoms with Crippen LogP contribution < -0.4 is 10.6 Å². The fourth-order valence-corrected chi connectivity index (χ4v) is 4.60. The van der Waals surface area contributed by atoms with Gasteiger partial charge in [-0.15, -0.1) is 11.3 Å². The van der Waals surface area contributed by atoms with E-state index in [1.54, 1.807) is 16.0 Å². The van der Waals surface area contributed by atoms with Gasteiger partial charge in [-0.1, -0.05) is 6.42 Å². The van der Waals surface area contributed by atoms with Gasteiger partial charge in [0.25, 0.3) is 5.91 Å². The molecule has 0 aromatic carbocycles. The molecule has 2 fully saturated rings. The second-order valence-electron chi connectivity index (χ2n) is 7.11. The van der Waals surface area contributed by atoms with Gasteiger partial charge < -0.3 is 10.6 Å². The number of hydrogen-bond acceptors (Lipinski definition) is 4. The zero-order chi connectivity index (χ0) is 16.8. The topological polar surface area (TPSA) is 59.0 Å². The molecule has 2 aromatic rings. The maximum absolute atomic E-state index is 12.6. The van der Waals surface area contributed by atoms with Gasteiger partial charge in [0.05, 0.1) is 11.3 Å². The van der Waals surface area contributed by atoms with Crippen molar-refractivity contribution in [2.75, 3.05) is 5.32 Å². The Hall–Kier alpha value is -1.66. The van der Waals surface area contributed by atoms with Gasteiger partial charge in [-0.05, 0) is 39.2 Å². The Balaban J connectivity index is 1.43. The molecule has 24 heavy (non-hydrogen) atoms. The van der Waals surface area contributed by atoms with Gasteiger partial charge in [0.2, 0.25) is 0 Å². The minimum absolute atomic E-state index is 0.0397. The lowest BCUT2D eigenvalue weighted by atomic mass is 9.93. The van der Waals surface area contributed by atoms with Crippen LogP contribution in [0.1, 0.15) is 57.4 Å². The standard InChI is InChI=1S/C18H24N4OS/c1-10-7-17(22(3)21-10)20-18(23)13-9-16(24-11(13)2)14-8-15(14)19-12-5-4-6-12/h7,9,12,14-15,19H,4-6,8H2,1-3H3,(H,20,23). The quantitative estimate of drug-likeness (QED) is 0.874. The van der Waals surface area contributed by atoms with E-state index in [0.29, 0.717) is 12.0 Å². The van der Waals surface area contributed by atoms with Crippen LogP contribution in [-0.2, 0) is 7.05 Å². The molecule has 0 saturated heterocycles. The van der Waals surface area contributed by atoms with Crippen molar-refractivity contribution >= 4 is 23.1 Å². The third-order valence-electron chi connectivity index (χ3n) is 5.14. The summed E-state index contributed by atoms with van der Waals surface area (Å²) in [5, 5.41) is 11.0. The van der Waals surface area contributed by atoms with Crippen LogP contribution in [0.15, 0.2) is 12.1 Å². The van der Waals surface area contributed by atoms with Crippen molar-refractivity contribution in [3.05, 3.63) is 33.1 Å². The van der Waals surface area contributed by atoms with E-state index in [-0.39, 0.29) is 5.91 Å². The molecule has 2 heterocycles. The van der Waals surface area contributed by atoms with Crippen LogP contribution in [0.5, 0.6) is 0 Å². The number of nitrogens with one attached hydrogen (secondary N) is 2. The summed E-state index contributed by atoms with van der Waals surface area (Å²) in [6, 6.07) is 5.33. The third-order valence-corrected chi connectivity index (χ3v) is 6.32. The number of rotatable bonds is 5. The van der Waals surface area contributed by atoms with Crippen LogP contribution in [0, 0.1) is 13.8 Å². The lowest BCUT2D eigenvalue weighted by Crippen LogP contribution is -2.37. The second-order valence-corrected chi connectivity index (χ2v) is 8.40. The first-order chi connectivity index (χ1) is 11.5. The Kier molecular flexibility index (Phi) is 3.96. The van der Waals surface area contributed by atoms with E-state index >= 15 is 0 Å². The normalized spacial score (nSPS) is 23.1. The molecule has 2 aliphatic rings. The predicted octanol–water partition coefficient (Wildman–Crippen LogP) is 3.35. The van der Waals surface area contributed by atoms with E-state index in [2.05, 4.69) is 21.8 Å². The summed E-state index contributed by atoms with van der Waals surface area (Å²) in [5.74, 6) is 1.29. The van der Waals surface area contributed by atoms with E-state index in [0.717, 1.165) is 28.0 Å². The molecule has 2 unspecified atom stereocenters. The summed E-state index contributed by atoms with van der Waals surface area (Å²) < 4.78 is 1.70. The number of thiophene rings is 1. The van der Waals surface area contributed by atoms with Crippen LogP contribution in [0.4, 0.5) is 5.82 Å².